The van der Waals surface area contributed by atoms with Crippen molar-refractivity contribution in [1.82, 2.24) is 19.8 Å². The maximum absolute atomic E-state index is 13.9. The highest BCUT2D eigenvalue weighted by molar-refractivity contribution is 7.99. The van der Waals surface area contributed by atoms with E-state index in [1.807, 2.05) is 42.5 Å². The van der Waals surface area contributed by atoms with Gasteiger partial charge in [0.25, 0.3) is 5.56 Å². The quantitative estimate of drug-likeness (QED) is 0.201. The number of hydrogen-bond donors (Lipinski definition) is 1. The minimum Gasteiger partial charge on any atom is -0.482 e. The Morgan fingerprint density at radius 2 is 1.81 bits per heavy atom. The Kier molecular flexibility index (Phi) is 10.3. The van der Waals surface area contributed by atoms with E-state index in [9.17, 15) is 14.4 Å². The molecule has 1 saturated carbocycles. The first-order chi connectivity index (χ1) is 20.5. The van der Waals surface area contributed by atoms with Gasteiger partial charge >= 0.3 is 5.97 Å². The number of benzene rings is 2. The van der Waals surface area contributed by atoms with E-state index >= 15 is 0 Å². The van der Waals surface area contributed by atoms with Crippen LogP contribution in [0.2, 0.25) is 0 Å². The molecule has 3 aromatic rings. The summed E-state index contributed by atoms with van der Waals surface area (Å²) >= 11 is 1.73. The summed E-state index contributed by atoms with van der Waals surface area (Å²) in [5, 5.41) is 4.56. The van der Waals surface area contributed by atoms with Crippen LogP contribution in [-0.2, 0) is 33.8 Å². The Balaban J connectivity index is 1.19. The van der Waals surface area contributed by atoms with Crippen LogP contribution in [0.4, 0.5) is 0 Å². The molecule has 1 aliphatic heterocycles. The van der Waals surface area contributed by atoms with Gasteiger partial charge in [-0.1, -0.05) is 61.4 Å². The molecule has 5 rings (SSSR count). The van der Waals surface area contributed by atoms with Gasteiger partial charge in [0.15, 0.2) is 11.8 Å². The predicted molar refractivity (Wildman–Crippen MR) is 162 cm³/mol. The fraction of sp³-hybridized carbons (Fsp3) is 0.438. The van der Waals surface area contributed by atoms with E-state index in [2.05, 4.69) is 10.1 Å². The van der Waals surface area contributed by atoms with Crippen molar-refractivity contribution >= 4 is 23.6 Å². The van der Waals surface area contributed by atoms with Gasteiger partial charge in [-0.2, -0.15) is 0 Å². The molecule has 1 N–H and O–H groups in total. The van der Waals surface area contributed by atoms with Crippen molar-refractivity contribution in [2.45, 2.75) is 68.4 Å². The van der Waals surface area contributed by atoms with E-state index < -0.39 is 5.97 Å². The van der Waals surface area contributed by atoms with E-state index in [4.69, 9.17) is 9.72 Å². The lowest BCUT2D eigenvalue weighted by molar-refractivity contribution is -0.143. The highest BCUT2D eigenvalue weighted by atomic mass is 32.2. The Bertz CT molecular complexity index is 1420. The minimum absolute atomic E-state index is 0.0195. The summed E-state index contributed by atoms with van der Waals surface area (Å²) in [5.41, 5.74) is 3.22. The van der Waals surface area contributed by atoms with E-state index in [0.717, 1.165) is 34.9 Å². The third kappa shape index (κ3) is 7.60. The molecular formula is C32H38N4O5S. The van der Waals surface area contributed by atoms with Gasteiger partial charge in [-0.05, 0) is 42.7 Å². The Hall–Kier alpha value is -3.63. The zero-order chi connectivity index (χ0) is 29.3. The number of thioether (sulfide) groups is 1. The monoisotopic (exact) mass is 590 g/mol. The first kappa shape index (κ1) is 29.8. The molecule has 0 bridgehead atoms. The van der Waals surface area contributed by atoms with Crippen molar-refractivity contribution in [3.8, 4) is 11.4 Å². The average Bonchev–Trinajstić information content (AvgIpc) is 3.03. The molecule has 1 aliphatic carbocycles. The summed E-state index contributed by atoms with van der Waals surface area (Å²) in [6, 6.07) is 17.1. The van der Waals surface area contributed by atoms with Crippen LogP contribution in [0.3, 0.4) is 0 Å². The number of nitrogens with one attached hydrogen (secondary N) is 1. The lowest BCUT2D eigenvalue weighted by atomic mass is 10.0. The number of aromatic nitrogens is 2. The largest absolute Gasteiger partial charge is 0.482 e. The van der Waals surface area contributed by atoms with Gasteiger partial charge in [0.2, 0.25) is 5.91 Å². The zero-order valence-corrected chi connectivity index (χ0v) is 24.9. The van der Waals surface area contributed by atoms with Crippen LogP contribution < -0.4 is 15.6 Å². The maximum atomic E-state index is 13.9. The number of nitrogens with zero attached hydrogens (tertiary/aromatic N) is 3. The number of para-hydroxylation sites is 1. The minimum atomic E-state index is -0.431. The Morgan fingerprint density at radius 3 is 2.55 bits per heavy atom. The molecule has 10 heteroatoms. The Labute approximate surface area is 250 Å². The lowest BCUT2D eigenvalue weighted by Gasteiger charge is -2.30. The van der Waals surface area contributed by atoms with Crippen molar-refractivity contribution in [2.24, 2.45) is 0 Å². The van der Waals surface area contributed by atoms with Crippen LogP contribution in [-0.4, -0.2) is 58.4 Å². The van der Waals surface area contributed by atoms with Crippen LogP contribution >= 0.6 is 11.8 Å². The molecule has 1 fully saturated rings. The predicted octanol–water partition coefficient (Wildman–Crippen LogP) is 4.27. The summed E-state index contributed by atoms with van der Waals surface area (Å²) in [6.45, 7) is 1.84. The molecule has 2 heterocycles. The van der Waals surface area contributed by atoms with Gasteiger partial charge in [-0.25, -0.2) is 9.78 Å². The number of methoxy groups -OCH3 is 1. The van der Waals surface area contributed by atoms with Crippen molar-refractivity contribution in [3.05, 3.63) is 81.8 Å². The first-order valence-electron chi connectivity index (χ1n) is 14.7. The molecule has 0 unspecified atom stereocenters. The number of fused-ring (bicyclic) bond motifs is 1. The first-order valence-corrected chi connectivity index (χ1v) is 15.5. The van der Waals surface area contributed by atoms with Crippen molar-refractivity contribution in [2.75, 3.05) is 26.8 Å². The molecule has 222 valence electrons. The molecule has 42 heavy (non-hydrogen) atoms. The van der Waals surface area contributed by atoms with E-state index in [1.54, 1.807) is 33.4 Å². The summed E-state index contributed by atoms with van der Waals surface area (Å²) in [5.74, 6) is 0.176. The highest BCUT2D eigenvalue weighted by Gasteiger charge is 2.28. The number of esters is 1. The third-order valence-corrected chi connectivity index (χ3v) is 9.03. The van der Waals surface area contributed by atoms with E-state index in [0.29, 0.717) is 49.0 Å². The van der Waals surface area contributed by atoms with Gasteiger partial charge < -0.3 is 19.7 Å². The number of rotatable bonds is 11. The summed E-state index contributed by atoms with van der Waals surface area (Å²) in [6.07, 6.45) is 6.96. The fourth-order valence-electron chi connectivity index (χ4n) is 5.37. The van der Waals surface area contributed by atoms with Crippen LogP contribution in [0, 0.1) is 0 Å². The average molecular weight is 591 g/mol. The standard InChI is InChI=1S/C32H38N4O5S/c1-40-30(38)22-41-25-14-12-23(13-15-25)20-33-18-16-29(37)35-19-17-28-27(21-35)31(39)36(24-8-4-2-5-9-24)32(34-28)42-26-10-6-3-7-11-26/h2,4-5,8-9,12-15,26,33H,3,6-7,10-11,16-22H2,1H3. The topological polar surface area (TPSA) is 103 Å². The molecule has 0 radical (unpaired) electrons. The molecule has 9 nitrogen and oxygen atoms in total. The molecule has 2 aliphatic rings. The molecule has 2 aromatic carbocycles. The second-order valence-corrected chi connectivity index (χ2v) is 11.9. The lowest BCUT2D eigenvalue weighted by Crippen LogP contribution is -2.42. The number of carbonyl (C=O) groups is 2. The SMILES string of the molecule is COC(=O)COc1ccc(CNCCC(=O)N2CCc3nc(SC4CCCCC4)n(-c4ccccc4)c(=O)c3C2)cc1. The van der Waals surface area contributed by atoms with Gasteiger partial charge in [0, 0.05) is 37.7 Å². The number of ether oxygens (including phenoxy) is 2. The van der Waals surface area contributed by atoms with Crippen LogP contribution in [0.1, 0.15) is 55.3 Å². The molecule has 1 amide bonds. The van der Waals surface area contributed by atoms with E-state index in [1.165, 1.54) is 26.4 Å². The highest BCUT2D eigenvalue weighted by Crippen LogP contribution is 2.34. The third-order valence-electron chi connectivity index (χ3n) is 7.74. The summed E-state index contributed by atoms with van der Waals surface area (Å²) < 4.78 is 11.7. The van der Waals surface area contributed by atoms with Crippen LogP contribution in [0.15, 0.2) is 64.5 Å². The maximum Gasteiger partial charge on any atom is 0.343 e. The summed E-state index contributed by atoms with van der Waals surface area (Å²) in [7, 11) is 1.32. The van der Waals surface area contributed by atoms with Crippen molar-refractivity contribution < 1.29 is 19.1 Å². The molecule has 1 aromatic heterocycles. The van der Waals surface area contributed by atoms with Crippen LogP contribution in [0.25, 0.3) is 5.69 Å². The van der Waals surface area contributed by atoms with Crippen molar-refractivity contribution in [3.63, 3.8) is 0 Å². The number of hydrogen-bond acceptors (Lipinski definition) is 8. The Morgan fingerprint density at radius 1 is 1.05 bits per heavy atom. The van der Waals surface area contributed by atoms with Gasteiger partial charge in [-0.3, -0.25) is 14.2 Å². The second-order valence-electron chi connectivity index (χ2n) is 10.7. The van der Waals surface area contributed by atoms with Crippen LogP contribution in [0.5, 0.6) is 5.75 Å². The summed E-state index contributed by atoms with van der Waals surface area (Å²) in [4.78, 5) is 45.0. The fourth-order valence-corrected chi connectivity index (χ4v) is 6.70. The number of amides is 1. The van der Waals surface area contributed by atoms with Gasteiger partial charge in [0.05, 0.1) is 30.6 Å². The van der Waals surface area contributed by atoms with Crippen molar-refractivity contribution in [1.29, 1.82) is 0 Å². The smallest absolute Gasteiger partial charge is 0.343 e. The van der Waals surface area contributed by atoms with Gasteiger partial charge in [-0.15, -0.1) is 0 Å². The molecular weight excluding hydrogens is 552 g/mol. The molecule has 0 saturated heterocycles. The molecule has 0 atom stereocenters. The number of carbonyl (C=O) groups excluding carboxylic acids is 2. The van der Waals surface area contributed by atoms with Gasteiger partial charge in [0.1, 0.15) is 5.75 Å². The zero-order valence-electron chi connectivity index (χ0n) is 24.0. The van der Waals surface area contributed by atoms with E-state index in [-0.39, 0.29) is 24.6 Å². The second kappa shape index (κ2) is 14.5. The normalized spacial score (nSPS) is 15.2. The molecule has 0 spiro atoms.